The highest BCUT2D eigenvalue weighted by molar-refractivity contribution is 5.94. The van der Waals surface area contributed by atoms with Crippen LogP contribution < -0.4 is 4.74 Å². The zero-order valence-electron chi connectivity index (χ0n) is 11.1. The number of ether oxygens (including phenoxy) is 1. The van der Waals surface area contributed by atoms with Crippen molar-refractivity contribution < 1.29 is 9.53 Å². The highest BCUT2D eigenvalue weighted by atomic mass is 16.5. The highest BCUT2D eigenvalue weighted by Crippen LogP contribution is 2.13. The first kappa shape index (κ1) is 15.9. The lowest BCUT2D eigenvalue weighted by Gasteiger charge is -2.06. The second-order valence-electron chi connectivity index (χ2n) is 3.44. The molecule has 1 aromatic carbocycles. The Morgan fingerprint density at radius 1 is 1.28 bits per heavy atom. The molecule has 0 radical (unpaired) electrons. The summed E-state index contributed by atoms with van der Waals surface area (Å²) in [5.41, 5.74) is 1.73. The van der Waals surface area contributed by atoms with Crippen molar-refractivity contribution in [2.24, 2.45) is 0 Å². The molecule has 1 aromatic rings. The molecular weight excluding hydrogens is 224 g/mol. The second-order valence-corrected chi connectivity index (χ2v) is 3.44. The average Bonchev–Trinajstić information content (AvgIpc) is 2.42. The van der Waals surface area contributed by atoms with Gasteiger partial charge in [0.1, 0.15) is 12.4 Å². The molecule has 0 heterocycles. The fraction of sp³-hybridized carbons (Fsp3) is 0.188. The van der Waals surface area contributed by atoms with Gasteiger partial charge < -0.3 is 4.74 Å². The van der Waals surface area contributed by atoms with Crippen molar-refractivity contribution in [3.63, 3.8) is 0 Å². The van der Waals surface area contributed by atoms with Crippen LogP contribution in [0.15, 0.2) is 61.7 Å². The summed E-state index contributed by atoms with van der Waals surface area (Å²) in [4.78, 5) is 11.1. The van der Waals surface area contributed by atoms with E-state index in [1.807, 2.05) is 13.0 Å². The van der Waals surface area contributed by atoms with Crippen molar-refractivity contribution in [2.45, 2.75) is 13.8 Å². The lowest BCUT2D eigenvalue weighted by Crippen LogP contribution is -1.99. The first-order valence-electron chi connectivity index (χ1n) is 5.68. The Kier molecular flexibility index (Phi) is 7.95. The fourth-order valence-corrected chi connectivity index (χ4v) is 1.21. The summed E-state index contributed by atoms with van der Waals surface area (Å²) in [6.07, 6.45) is 3.72. The van der Waals surface area contributed by atoms with E-state index in [2.05, 4.69) is 19.7 Å². The van der Waals surface area contributed by atoms with E-state index >= 15 is 0 Å². The van der Waals surface area contributed by atoms with Gasteiger partial charge in [0.15, 0.2) is 5.78 Å². The van der Waals surface area contributed by atoms with Crippen molar-refractivity contribution in [3.05, 3.63) is 67.3 Å². The number of benzene rings is 1. The van der Waals surface area contributed by atoms with E-state index in [9.17, 15) is 4.79 Å². The average molecular weight is 244 g/mol. The van der Waals surface area contributed by atoms with Gasteiger partial charge in [0.05, 0.1) is 0 Å². The van der Waals surface area contributed by atoms with Gasteiger partial charge in [0, 0.05) is 5.56 Å². The van der Waals surface area contributed by atoms with E-state index in [4.69, 9.17) is 4.74 Å². The van der Waals surface area contributed by atoms with Crippen molar-refractivity contribution in [1.29, 1.82) is 0 Å². The lowest BCUT2D eigenvalue weighted by molar-refractivity contribution is 0.101. The minimum atomic E-state index is 0.0618. The van der Waals surface area contributed by atoms with Crippen LogP contribution in [-0.4, -0.2) is 12.4 Å². The molecule has 0 saturated carbocycles. The van der Waals surface area contributed by atoms with Gasteiger partial charge in [0.2, 0.25) is 0 Å². The molecule has 0 unspecified atom stereocenters. The number of carbonyl (C=O) groups excluding carboxylic acids is 1. The fourth-order valence-electron chi connectivity index (χ4n) is 1.21. The van der Waals surface area contributed by atoms with Crippen molar-refractivity contribution >= 4 is 5.78 Å². The third-order valence-electron chi connectivity index (χ3n) is 2.30. The summed E-state index contributed by atoms with van der Waals surface area (Å²) in [7, 11) is 0. The maximum atomic E-state index is 11.1. The van der Waals surface area contributed by atoms with Gasteiger partial charge in [-0.2, -0.15) is 0 Å². The Morgan fingerprint density at radius 3 is 2.22 bits per heavy atom. The maximum Gasteiger partial charge on any atom is 0.159 e. The quantitative estimate of drug-likeness (QED) is 0.441. The third kappa shape index (κ3) is 5.30. The molecule has 1 rings (SSSR count). The largest absolute Gasteiger partial charge is 0.489 e. The zero-order chi connectivity index (χ0) is 14.0. The molecule has 2 heteroatoms. The van der Waals surface area contributed by atoms with E-state index in [1.54, 1.807) is 37.3 Å². The Hall–Kier alpha value is -2.09. The molecule has 18 heavy (non-hydrogen) atoms. The molecule has 0 bridgehead atoms. The van der Waals surface area contributed by atoms with Gasteiger partial charge in [0.25, 0.3) is 0 Å². The van der Waals surface area contributed by atoms with Gasteiger partial charge in [-0.1, -0.05) is 18.7 Å². The van der Waals surface area contributed by atoms with Crippen LogP contribution in [0.25, 0.3) is 0 Å². The molecule has 0 aliphatic carbocycles. The van der Waals surface area contributed by atoms with Crippen LogP contribution in [0.3, 0.4) is 0 Å². The second kappa shape index (κ2) is 8.99. The molecule has 0 saturated heterocycles. The SMILES string of the molecule is C=C.C=C/C(=C\C)COc1ccc(C(C)=O)cc1. The van der Waals surface area contributed by atoms with E-state index in [1.165, 1.54) is 0 Å². The van der Waals surface area contributed by atoms with E-state index in [0.717, 1.165) is 11.3 Å². The summed E-state index contributed by atoms with van der Waals surface area (Å²) >= 11 is 0. The van der Waals surface area contributed by atoms with E-state index < -0.39 is 0 Å². The van der Waals surface area contributed by atoms with Gasteiger partial charge in [-0.05, 0) is 43.7 Å². The predicted molar refractivity (Wildman–Crippen MR) is 77.1 cm³/mol. The van der Waals surface area contributed by atoms with Gasteiger partial charge in [-0.3, -0.25) is 4.79 Å². The van der Waals surface area contributed by atoms with Crippen molar-refractivity contribution in [1.82, 2.24) is 0 Å². The Morgan fingerprint density at radius 2 is 1.83 bits per heavy atom. The first-order chi connectivity index (χ1) is 8.67. The topological polar surface area (TPSA) is 26.3 Å². The van der Waals surface area contributed by atoms with Crippen molar-refractivity contribution in [2.75, 3.05) is 6.61 Å². The Labute approximate surface area is 109 Å². The van der Waals surface area contributed by atoms with Crippen LogP contribution in [0, 0.1) is 0 Å². The van der Waals surface area contributed by atoms with Crippen LogP contribution in [0.4, 0.5) is 0 Å². The Bertz CT molecular complexity index is 413. The van der Waals surface area contributed by atoms with Gasteiger partial charge in [-0.25, -0.2) is 0 Å². The molecule has 0 spiro atoms. The predicted octanol–water partition coefficient (Wildman–Crippen LogP) is 4.20. The van der Waals surface area contributed by atoms with Crippen LogP contribution in [0.2, 0.25) is 0 Å². The summed E-state index contributed by atoms with van der Waals surface area (Å²) in [5, 5.41) is 0. The molecule has 0 aromatic heterocycles. The van der Waals surface area contributed by atoms with Crippen LogP contribution in [-0.2, 0) is 0 Å². The maximum absolute atomic E-state index is 11.1. The highest BCUT2D eigenvalue weighted by Gasteiger charge is 1.99. The van der Waals surface area contributed by atoms with Crippen LogP contribution in [0.1, 0.15) is 24.2 Å². The van der Waals surface area contributed by atoms with Gasteiger partial charge in [-0.15, -0.1) is 13.2 Å². The van der Waals surface area contributed by atoms with Crippen molar-refractivity contribution in [3.8, 4) is 5.75 Å². The molecule has 0 N–H and O–H groups in total. The van der Waals surface area contributed by atoms with E-state index in [0.29, 0.717) is 12.2 Å². The number of hydrogen-bond donors (Lipinski definition) is 0. The number of rotatable bonds is 5. The molecule has 2 nitrogen and oxygen atoms in total. The third-order valence-corrected chi connectivity index (χ3v) is 2.30. The summed E-state index contributed by atoms with van der Waals surface area (Å²) in [6, 6.07) is 7.13. The van der Waals surface area contributed by atoms with Crippen LogP contribution >= 0.6 is 0 Å². The number of Topliss-reactive ketones (excluding diaryl/α,β-unsaturated/α-hetero) is 1. The first-order valence-corrected chi connectivity index (χ1v) is 5.68. The number of carbonyl (C=O) groups is 1. The van der Waals surface area contributed by atoms with E-state index in [-0.39, 0.29) is 5.78 Å². The molecule has 0 aliphatic rings. The summed E-state index contributed by atoms with van der Waals surface area (Å²) < 4.78 is 5.53. The van der Waals surface area contributed by atoms with Crippen LogP contribution in [0.5, 0.6) is 5.75 Å². The molecule has 0 fully saturated rings. The standard InChI is InChI=1S/C14H16O2.C2H4/c1-4-12(5-2)10-16-14-8-6-13(7-9-14)11(3)15;1-2/h4-9H,1,10H2,2-3H3;1-2H2/b12-5+;. The zero-order valence-corrected chi connectivity index (χ0v) is 11.1. The summed E-state index contributed by atoms with van der Waals surface area (Å²) in [5.74, 6) is 0.818. The normalized spacial score (nSPS) is 10.0. The summed E-state index contributed by atoms with van der Waals surface area (Å²) in [6.45, 7) is 13.7. The molecule has 0 atom stereocenters. The number of allylic oxidation sites excluding steroid dienone is 1. The minimum absolute atomic E-state index is 0.0618. The molecule has 0 aliphatic heterocycles. The number of hydrogen-bond acceptors (Lipinski definition) is 2. The minimum Gasteiger partial charge on any atom is -0.489 e. The lowest BCUT2D eigenvalue weighted by atomic mass is 10.1. The smallest absolute Gasteiger partial charge is 0.159 e. The monoisotopic (exact) mass is 244 g/mol. The number of ketones is 1. The molecule has 96 valence electrons. The Balaban J connectivity index is 0.00000137. The van der Waals surface area contributed by atoms with Gasteiger partial charge >= 0.3 is 0 Å². The molecular formula is C16H20O2. The molecule has 0 amide bonds.